The number of carbonyl (C=O) groups is 3. The van der Waals surface area contributed by atoms with Gasteiger partial charge in [-0.25, -0.2) is 29.0 Å². The number of carbonyl (C=O) groups excluding carboxylic acids is 3. The summed E-state index contributed by atoms with van der Waals surface area (Å²) in [6, 6.07) is 41.0. The number of nitrogens with one attached hydrogen (secondary N) is 2. The summed E-state index contributed by atoms with van der Waals surface area (Å²) in [4.78, 5) is 51.9. The van der Waals surface area contributed by atoms with Crippen molar-refractivity contribution in [2.75, 3.05) is 15.5 Å². The molecule has 0 aliphatic carbocycles. The molecule has 0 radical (unpaired) electrons. The molecule has 0 saturated heterocycles. The number of hydrogen-bond acceptors (Lipinski definition) is 16. The van der Waals surface area contributed by atoms with Gasteiger partial charge in [-0.3, -0.25) is 9.59 Å². The average Bonchev–Trinajstić information content (AvgIpc) is 4.00. The largest absolute Gasteiger partial charge is 0.482 e. The molecule has 3 amide bonds. The van der Waals surface area contributed by atoms with Crippen molar-refractivity contribution in [3.63, 3.8) is 0 Å². The molecular formula is C46H38F4N14O7. The molecule has 0 unspecified atom stereocenters. The van der Waals surface area contributed by atoms with Gasteiger partial charge in [0.15, 0.2) is 12.3 Å². The smallest absolute Gasteiger partial charge is 0.442 e. The van der Waals surface area contributed by atoms with E-state index in [-0.39, 0.29) is 48.0 Å². The van der Waals surface area contributed by atoms with Gasteiger partial charge in [-0.2, -0.15) is 17.6 Å². The molecule has 8 rings (SSSR count). The van der Waals surface area contributed by atoms with Crippen LogP contribution >= 0.6 is 0 Å². The van der Waals surface area contributed by atoms with Crippen LogP contribution < -0.4 is 25.0 Å². The molecule has 0 atom stereocenters. The van der Waals surface area contributed by atoms with Gasteiger partial charge in [-0.1, -0.05) is 107 Å². The fourth-order valence-corrected chi connectivity index (χ4v) is 5.91. The maximum Gasteiger partial charge on any atom is 0.482 e. The van der Waals surface area contributed by atoms with E-state index < -0.39 is 30.1 Å². The Bertz CT molecular complexity index is 3060. The van der Waals surface area contributed by atoms with Crippen LogP contribution in [0.15, 0.2) is 163 Å². The van der Waals surface area contributed by atoms with E-state index >= 15 is 0 Å². The van der Waals surface area contributed by atoms with Gasteiger partial charge in [0.1, 0.15) is 29.7 Å². The third-order valence-electron chi connectivity index (χ3n) is 9.19. The van der Waals surface area contributed by atoms with E-state index in [1.165, 1.54) is 88.2 Å². The minimum Gasteiger partial charge on any atom is -0.442 e. The minimum absolute atomic E-state index is 0.0998. The van der Waals surface area contributed by atoms with E-state index in [2.05, 4.69) is 61.0 Å². The number of aromatic nitrogens is 10. The maximum atomic E-state index is 14.2. The summed E-state index contributed by atoms with van der Waals surface area (Å²) in [5, 5.41) is 30.7. The van der Waals surface area contributed by atoms with Crippen molar-refractivity contribution in [1.29, 1.82) is 0 Å². The summed E-state index contributed by atoms with van der Waals surface area (Å²) >= 11 is 0. The normalized spacial score (nSPS) is 11.3. The number of anilines is 4. The summed E-state index contributed by atoms with van der Waals surface area (Å²) in [5.74, 6) is -3.48. The molecular weight excluding hydrogens is 937 g/mol. The highest BCUT2D eigenvalue weighted by molar-refractivity contribution is 6.10. The molecule has 0 saturated carbocycles. The Kier molecular flexibility index (Phi) is 15.9. The Morgan fingerprint density at radius 2 is 1.07 bits per heavy atom. The number of pyridine rings is 2. The second-order valence-corrected chi connectivity index (χ2v) is 14.3. The van der Waals surface area contributed by atoms with E-state index in [4.69, 9.17) is 9.57 Å². The van der Waals surface area contributed by atoms with Crippen molar-refractivity contribution in [2.45, 2.75) is 25.4 Å². The number of para-hydroxylation sites is 3. The van der Waals surface area contributed by atoms with Crippen LogP contribution in [0.25, 0.3) is 0 Å². The van der Waals surface area contributed by atoms with Gasteiger partial charge in [0.25, 0.3) is 5.95 Å². The molecule has 2 N–H and O–H groups in total. The fourth-order valence-electron chi connectivity index (χ4n) is 5.91. The van der Waals surface area contributed by atoms with Crippen LogP contribution in [-0.4, -0.2) is 86.2 Å². The molecule has 71 heavy (non-hydrogen) atoms. The van der Waals surface area contributed by atoms with Crippen molar-refractivity contribution in [3.05, 3.63) is 181 Å². The topological polar surface area (TPSA) is 241 Å². The van der Waals surface area contributed by atoms with Crippen LogP contribution in [0.1, 0.15) is 22.8 Å². The Morgan fingerprint density at radius 3 is 1.56 bits per heavy atom. The quantitative estimate of drug-likeness (QED) is 0.0537. The van der Waals surface area contributed by atoms with Gasteiger partial charge in [0.2, 0.25) is 5.82 Å². The first kappa shape index (κ1) is 49.2. The Morgan fingerprint density at radius 1 is 0.592 bits per heavy atom. The molecule has 362 valence electrons. The lowest BCUT2D eigenvalue weighted by Crippen LogP contribution is -2.40. The SMILES string of the molecule is Cn1nnnc1C(=NOCc1cccc(NC(=O)C(F)(F)Oc2ccccc2)n1)c1ccccc1.Cn1nnnc1N(C(=O)OCc1cccc(NC(=O)C(F)(F)Oc2ccccc2)n1)c1ccccc1. The number of amides is 3. The first-order chi connectivity index (χ1) is 34.3. The van der Waals surface area contributed by atoms with Crippen LogP contribution in [0.3, 0.4) is 0 Å². The lowest BCUT2D eigenvalue weighted by atomic mass is 10.1. The van der Waals surface area contributed by atoms with Gasteiger partial charge in [0, 0.05) is 19.7 Å². The molecule has 0 bridgehead atoms. The number of benzene rings is 4. The number of nitrogens with zero attached hydrogens (tertiary/aromatic N) is 12. The lowest BCUT2D eigenvalue weighted by Gasteiger charge is -2.20. The first-order valence-corrected chi connectivity index (χ1v) is 20.8. The molecule has 0 fully saturated rings. The molecule has 4 aromatic heterocycles. The van der Waals surface area contributed by atoms with Gasteiger partial charge in [-0.05, 0) is 81.5 Å². The summed E-state index contributed by atoms with van der Waals surface area (Å²) in [6.07, 6.45) is -9.06. The standard InChI is InChI=1S/C23H19F2N7O4.C23H19F2N7O3/c1-31-21(28-29-30-31)32(17-10-4-2-5-11-17)22(34)35-15-16-9-8-14-19(26-16)27-20(33)23(24,25)36-18-12-6-3-7-13-18;1-32-21(28-30-31-32)20(16-9-4-2-5-10-16)29-34-15-17-11-8-14-19(26-17)27-22(33)23(24,25)35-18-12-6-3-7-13-18/h2-14H,15H2,1H3,(H,26,27,33);2-14H,15H2,1H3,(H,26,27,33). The van der Waals surface area contributed by atoms with Crippen LogP contribution in [0.4, 0.5) is 45.6 Å². The molecule has 21 nitrogen and oxygen atoms in total. The monoisotopic (exact) mass is 974 g/mol. The first-order valence-electron chi connectivity index (χ1n) is 20.8. The zero-order valence-corrected chi connectivity index (χ0v) is 37.2. The van der Waals surface area contributed by atoms with E-state index in [1.807, 2.05) is 35.6 Å². The molecule has 4 aromatic carbocycles. The van der Waals surface area contributed by atoms with E-state index in [0.717, 1.165) is 10.5 Å². The third kappa shape index (κ3) is 13.5. The molecule has 8 aromatic rings. The lowest BCUT2D eigenvalue weighted by molar-refractivity contribution is -0.187. The van der Waals surface area contributed by atoms with Gasteiger partial charge < -0.3 is 29.7 Å². The van der Waals surface area contributed by atoms with Crippen LogP contribution in [0.2, 0.25) is 0 Å². The van der Waals surface area contributed by atoms with Crippen molar-refractivity contribution >= 4 is 46.9 Å². The van der Waals surface area contributed by atoms with Gasteiger partial charge in [-0.15, -0.1) is 5.10 Å². The number of ether oxygens (including phenoxy) is 3. The average molecular weight is 975 g/mol. The highest BCUT2D eigenvalue weighted by Crippen LogP contribution is 2.26. The van der Waals surface area contributed by atoms with Crippen LogP contribution in [-0.2, 0) is 46.5 Å². The number of tetrazole rings is 2. The van der Waals surface area contributed by atoms with E-state index in [0.29, 0.717) is 22.9 Å². The molecule has 0 aliphatic rings. The number of alkyl halides is 4. The number of hydrogen-bond donors (Lipinski definition) is 2. The summed E-state index contributed by atoms with van der Waals surface area (Å²) in [6.45, 7) is -0.434. The highest BCUT2D eigenvalue weighted by atomic mass is 19.3. The van der Waals surface area contributed by atoms with Crippen LogP contribution in [0.5, 0.6) is 11.5 Å². The van der Waals surface area contributed by atoms with Gasteiger partial charge in [0.05, 0.1) is 17.1 Å². The minimum atomic E-state index is -4.15. The Hall–Kier alpha value is -9.68. The van der Waals surface area contributed by atoms with E-state index in [9.17, 15) is 31.9 Å². The summed E-state index contributed by atoms with van der Waals surface area (Å²) in [5.41, 5.74) is 2.09. The third-order valence-corrected chi connectivity index (χ3v) is 9.19. The second-order valence-electron chi connectivity index (χ2n) is 14.3. The highest BCUT2D eigenvalue weighted by Gasteiger charge is 2.43. The number of rotatable bonds is 17. The Balaban J connectivity index is 0.000000209. The number of aryl methyl sites for hydroxylation is 2. The van der Waals surface area contributed by atoms with Crippen molar-refractivity contribution in [3.8, 4) is 11.5 Å². The number of halogens is 4. The predicted molar refractivity (Wildman–Crippen MR) is 243 cm³/mol. The molecule has 0 spiro atoms. The maximum absolute atomic E-state index is 14.2. The Labute approximate surface area is 399 Å². The van der Waals surface area contributed by atoms with Crippen LogP contribution in [0, 0.1) is 0 Å². The van der Waals surface area contributed by atoms with Gasteiger partial charge >= 0.3 is 30.1 Å². The van der Waals surface area contributed by atoms with Crippen molar-refractivity contribution in [1.82, 2.24) is 50.4 Å². The summed E-state index contributed by atoms with van der Waals surface area (Å²) in [7, 11) is 3.22. The second kappa shape index (κ2) is 22.9. The predicted octanol–water partition coefficient (Wildman–Crippen LogP) is 6.87. The zero-order chi connectivity index (χ0) is 50.2. The van der Waals surface area contributed by atoms with Crippen molar-refractivity contribution < 1.29 is 51.0 Å². The fraction of sp³-hybridized carbons (Fsp3) is 0.130. The molecule has 4 heterocycles. The summed E-state index contributed by atoms with van der Waals surface area (Å²) < 4.78 is 73.9. The molecule has 25 heteroatoms. The number of oxime groups is 1. The van der Waals surface area contributed by atoms with E-state index in [1.54, 1.807) is 62.6 Å². The molecule has 0 aliphatic heterocycles. The van der Waals surface area contributed by atoms with Crippen molar-refractivity contribution in [2.24, 2.45) is 19.3 Å². The zero-order valence-electron chi connectivity index (χ0n) is 37.2.